The quantitative estimate of drug-likeness (QED) is 0.671. The molecule has 1 fully saturated rings. The van der Waals surface area contributed by atoms with Crippen LogP contribution in [0.4, 0.5) is 0 Å². The standard InChI is InChI=1S/C11H22O2/c1-5-7-11(8-6-2)12-9(3)10(4)13-11/h9-10H,5-8H2,1-4H3. The van der Waals surface area contributed by atoms with Gasteiger partial charge in [0.1, 0.15) is 0 Å². The minimum atomic E-state index is -0.262. The molecule has 0 saturated carbocycles. The van der Waals surface area contributed by atoms with Crippen LogP contribution in [0.2, 0.25) is 0 Å². The maximum absolute atomic E-state index is 5.92. The van der Waals surface area contributed by atoms with Crippen molar-refractivity contribution >= 4 is 0 Å². The smallest absolute Gasteiger partial charge is 0.169 e. The maximum Gasteiger partial charge on any atom is 0.169 e. The fourth-order valence-corrected chi connectivity index (χ4v) is 2.02. The molecule has 78 valence electrons. The van der Waals surface area contributed by atoms with Crippen LogP contribution in [0, 0.1) is 0 Å². The largest absolute Gasteiger partial charge is 0.344 e. The lowest BCUT2D eigenvalue weighted by atomic mass is 10.1. The third-order valence-electron chi connectivity index (χ3n) is 2.72. The van der Waals surface area contributed by atoms with Crippen LogP contribution in [0.3, 0.4) is 0 Å². The number of hydrogen-bond acceptors (Lipinski definition) is 2. The maximum atomic E-state index is 5.92. The van der Waals surface area contributed by atoms with Crippen molar-refractivity contribution in [1.29, 1.82) is 0 Å². The van der Waals surface area contributed by atoms with E-state index in [1.165, 1.54) is 0 Å². The lowest BCUT2D eigenvalue weighted by Gasteiger charge is -2.27. The average Bonchev–Trinajstić information content (AvgIpc) is 2.29. The van der Waals surface area contributed by atoms with Crippen molar-refractivity contribution in [1.82, 2.24) is 0 Å². The molecule has 0 aliphatic carbocycles. The van der Waals surface area contributed by atoms with Gasteiger partial charge in [0.25, 0.3) is 0 Å². The summed E-state index contributed by atoms with van der Waals surface area (Å²) in [6, 6.07) is 0. The summed E-state index contributed by atoms with van der Waals surface area (Å²) in [6.07, 6.45) is 4.79. The molecule has 0 aromatic heterocycles. The van der Waals surface area contributed by atoms with Crippen LogP contribution < -0.4 is 0 Å². The molecule has 1 aliphatic rings. The second-order valence-electron chi connectivity index (χ2n) is 4.06. The third-order valence-corrected chi connectivity index (χ3v) is 2.72. The van der Waals surface area contributed by atoms with E-state index in [4.69, 9.17) is 9.47 Å². The highest BCUT2D eigenvalue weighted by atomic mass is 16.8. The summed E-state index contributed by atoms with van der Waals surface area (Å²) in [4.78, 5) is 0. The minimum Gasteiger partial charge on any atom is -0.344 e. The Morgan fingerprint density at radius 3 is 1.62 bits per heavy atom. The molecule has 1 aliphatic heterocycles. The Morgan fingerprint density at radius 1 is 0.923 bits per heavy atom. The minimum absolute atomic E-state index is 0.248. The van der Waals surface area contributed by atoms with Gasteiger partial charge in [0.2, 0.25) is 0 Å². The average molecular weight is 186 g/mol. The zero-order valence-electron chi connectivity index (χ0n) is 9.30. The van der Waals surface area contributed by atoms with E-state index < -0.39 is 0 Å². The fraction of sp³-hybridized carbons (Fsp3) is 1.00. The first-order chi connectivity index (χ1) is 6.13. The molecule has 2 nitrogen and oxygen atoms in total. The lowest BCUT2D eigenvalue weighted by Crippen LogP contribution is -2.30. The molecule has 1 rings (SSSR count). The van der Waals surface area contributed by atoms with Crippen LogP contribution >= 0.6 is 0 Å². The second kappa shape index (κ2) is 4.43. The van der Waals surface area contributed by atoms with Crippen molar-refractivity contribution in [3.63, 3.8) is 0 Å². The summed E-state index contributed by atoms with van der Waals surface area (Å²) < 4.78 is 11.8. The summed E-state index contributed by atoms with van der Waals surface area (Å²) in [6.45, 7) is 8.55. The Hall–Kier alpha value is -0.0800. The van der Waals surface area contributed by atoms with Crippen LogP contribution in [0.15, 0.2) is 0 Å². The number of ether oxygens (including phenoxy) is 2. The van der Waals surface area contributed by atoms with Gasteiger partial charge in [-0.3, -0.25) is 0 Å². The molecule has 13 heavy (non-hydrogen) atoms. The highest BCUT2D eigenvalue weighted by Gasteiger charge is 2.42. The molecule has 0 amide bonds. The molecule has 2 heteroatoms. The topological polar surface area (TPSA) is 18.5 Å². The molecular weight excluding hydrogens is 164 g/mol. The highest BCUT2D eigenvalue weighted by molar-refractivity contribution is 4.81. The van der Waals surface area contributed by atoms with Gasteiger partial charge < -0.3 is 9.47 Å². The Labute approximate surface area is 81.6 Å². The molecule has 0 aromatic carbocycles. The first-order valence-corrected chi connectivity index (χ1v) is 5.49. The zero-order valence-corrected chi connectivity index (χ0v) is 9.30. The SMILES string of the molecule is CCCC1(CCC)OC(C)C(C)O1. The molecule has 0 spiro atoms. The Morgan fingerprint density at radius 2 is 1.31 bits per heavy atom. The normalized spacial score (nSPS) is 32.3. The summed E-state index contributed by atoms with van der Waals surface area (Å²) in [7, 11) is 0. The summed E-state index contributed by atoms with van der Waals surface area (Å²) >= 11 is 0. The first kappa shape index (κ1) is 11.0. The van der Waals surface area contributed by atoms with E-state index in [1.807, 2.05) is 0 Å². The number of hydrogen-bond donors (Lipinski definition) is 0. The molecule has 0 radical (unpaired) electrons. The van der Waals surface area contributed by atoms with Crippen LogP contribution in [0.1, 0.15) is 53.4 Å². The fourth-order valence-electron chi connectivity index (χ4n) is 2.02. The summed E-state index contributed by atoms with van der Waals surface area (Å²) in [5.41, 5.74) is 0. The van der Waals surface area contributed by atoms with E-state index >= 15 is 0 Å². The van der Waals surface area contributed by atoms with E-state index in [1.54, 1.807) is 0 Å². The van der Waals surface area contributed by atoms with E-state index in [-0.39, 0.29) is 18.0 Å². The summed E-state index contributed by atoms with van der Waals surface area (Å²) in [5.74, 6) is -0.262. The zero-order chi connectivity index (χ0) is 9.90. The third kappa shape index (κ3) is 2.44. The van der Waals surface area contributed by atoms with E-state index in [0.29, 0.717) is 0 Å². The molecule has 1 heterocycles. The molecule has 0 aromatic rings. The predicted octanol–water partition coefficient (Wildman–Crippen LogP) is 3.11. The molecule has 1 saturated heterocycles. The Balaban J connectivity index is 2.58. The van der Waals surface area contributed by atoms with Crippen molar-refractivity contribution < 1.29 is 9.47 Å². The molecule has 0 bridgehead atoms. The van der Waals surface area contributed by atoms with Crippen molar-refractivity contribution in [2.75, 3.05) is 0 Å². The number of rotatable bonds is 4. The van der Waals surface area contributed by atoms with Crippen LogP contribution in [-0.4, -0.2) is 18.0 Å². The van der Waals surface area contributed by atoms with Crippen molar-refractivity contribution in [2.24, 2.45) is 0 Å². The van der Waals surface area contributed by atoms with E-state index in [0.717, 1.165) is 25.7 Å². The van der Waals surface area contributed by atoms with Gasteiger partial charge in [-0.25, -0.2) is 0 Å². The van der Waals surface area contributed by atoms with Crippen molar-refractivity contribution in [3.8, 4) is 0 Å². The second-order valence-corrected chi connectivity index (χ2v) is 4.06. The van der Waals surface area contributed by atoms with Gasteiger partial charge in [0, 0.05) is 12.8 Å². The summed E-state index contributed by atoms with van der Waals surface area (Å²) in [5, 5.41) is 0. The van der Waals surface area contributed by atoms with Gasteiger partial charge in [-0.15, -0.1) is 0 Å². The molecule has 2 unspecified atom stereocenters. The van der Waals surface area contributed by atoms with Crippen molar-refractivity contribution in [2.45, 2.75) is 71.4 Å². The van der Waals surface area contributed by atoms with Crippen molar-refractivity contribution in [3.05, 3.63) is 0 Å². The Kier molecular flexibility index (Phi) is 3.74. The van der Waals surface area contributed by atoms with Gasteiger partial charge in [-0.05, 0) is 13.8 Å². The highest BCUT2D eigenvalue weighted by Crippen LogP contribution is 2.35. The van der Waals surface area contributed by atoms with Gasteiger partial charge in [0.05, 0.1) is 12.2 Å². The van der Waals surface area contributed by atoms with Gasteiger partial charge in [-0.1, -0.05) is 26.7 Å². The first-order valence-electron chi connectivity index (χ1n) is 5.49. The molecule has 2 atom stereocenters. The van der Waals surface area contributed by atoms with Crippen LogP contribution in [0.5, 0.6) is 0 Å². The predicted molar refractivity (Wildman–Crippen MR) is 53.6 cm³/mol. The van der Waals surface area contributed by atoms with Gasteiger partial charge in [0.15, 0.2) is 5.79 Å². The van der Waals surface area contributed by atoms with Crippen LogP contribution in [-0.2, 0) is 9.47 Å². The van der Waals surface area contributed by atoms with Gasteiger partial charge >= 0.3 is 0 Å². The molecule has 0 N–H and O–H groups in total. The lowest BCUT2D eigenvalue weighted by molar-refractivity contribution is -0.182. The molecular formula is C11H22O2. The van der Waals surface area contributed by atoms with Gasteiger partial charge in [-0.2, -0.15) is 0 Å². The monoisotopic (exact) mass is 186 g/mol. The Bertz CT molecular complexity index is 138. The van der Waals surface area contributed by atoms with Crippen LogP contribution in [0.25, 0.3) is 0 Å². The van der Waals surface area contributed by atoms with E-state index in [9.17, 15) is 0 Å². The van der Waals surface area contributed by atoms with E-state index in [2.05, 4.69) is 27.7 Å².